The van der Waals surface area contributed by atoms with Crippen molar-refractivity contribution in [3.63, 3.8) is 0 Å². The monoisotopic (exact) mass is 571 g/mol. The van der Waals surface area contributed by atoms with Gasteiger partial charge in [-0.3, -0.25) is 9.69 Å². The van der Waals surface area contributed by atoms with Gasteiger partial charge in [0.2, 0.25) is 5.91 Å². The first-order valence-corrected chi connectivity index (χ1v) is 15.3. The molecule has 0 unspecified atom stereocenters. The van der Waals surface area contributed by atoms with Crippen molar-refractivity contribution in [1.29, 1.82) is 0 Å². The van der Waals surface area contributed by atoms with E-state index in [0.717, 1.165) is 47.2 Å². The molecule has 3 rings (SSSR count). The third-order valence-electron chi connectivity index (χ3n) is 5.70. The van der Waals surface area contributed by atoms with Crippen LogP contribution in [0.3, 0.4) is 0 Å². The highest BCUT2D eigenvalue weighted by Crippen LogP contribution is 2.33. The van der Waals surface area contributed by atoms with Gasteiger partial charge in [0.1, 0.15) is 11.3 Å². The second kappa shape index (κ2) is 14.2. The molecule has 2 aromatic carbocycles. The molecule has 0 radical (unpaired) electrons. The lowest BCUT2D eigenvalue weighted by Crippen LogP contribution is -2.38. The molecule has 1 amide bonds. The predicted molar refractivity (Wildman–Crippen MR) is 153 cm³/mol. The molecular formula is C25H34ClN3O4S3. The van der Waals surface area contributed by atoms with Gasteiger partial charge in [-0.15, -0.1) is 24.2 Å². The van der Waals surface area contributed by atoms with Crippen LogP contribution in [0.5, 0.6) is 5.75 Å². The first-order chi connectivity index (χ1) is 16.8. The number of sulfone groups is 1. The molecule has 0 aliphatic carbocycles. The predicted octanol–water partition coefficient (Wildman–Crippen LogP) is 5.38. The van der Waals surface area contributed by atoms with Crippen LogP contribution >= 0.6 is 35.5 Å². The molecule has 7 nitrogen and oxygen atoms in total. The number of carbonyl (C=O) groups is 1. The third-order valence-corrected chi connectivity index (χ3v) is 8.97. The van der Waals surface area contributed by atoms with E-state index in [1.54, 1.807) is 35.9 Å². The molecule has 0 N–H and O–H groups in total. The third kappa shape index (κ3) is 8.08. The number of para-hydroxylation sites is 1. The van der Waals surface area contributed by atoms with Crippen LogP contribution in [0.25, 0.3) is 10.2 Å². The fraction of sp³-hybridized carbons (Fsp3) is 0.440. The Balaban J connectivity index is 0.00000456. The Morgan fingerprint density at radius 3 is 2.39 bits per heavy atom. The summed E-state index contributed by atoms with van der Waals surface area (Å²) in [4.78, 5) is 23.3. The molecule has 0 bridgehead atoms. The van der Waals surface area contributed by atoms with E-state index >= 15 is 0 Å². The number of carbonyl (C=O) groups excluding carboxylic acids is 1. The molecular weight excluding hydrogens is 538 g/mol. The minimum atomic E-state index is -3.42. The number of halogens is 1. The highest BCUT2D eigenvalue weighted by molar-refractivity contribution is 7.99. The van der Waals surface area contributed by atoms with Crippen molar-refractivity contribution >= 4 is 66.6 Å². The average molecular weight is 572 g/mol. The van der Waals surface area contributed by atoms with E-state index in [9.17, 15) is 13.2 Å². The molecule has 0 spiro atoms. The van der Waals surface area contributed by atoms with Crippen LogP contribution in [-0.4, -0.2) is 69.5 Å². The zero-order valence-corrected chi connectivity index (χ0v) is 24.4. The number of methoxy groups -OCH3 is 1. The van der Waals surface area contributed by atoms with Crippen molar-refractivity contribution in [3.05, 3.63) is 42.5 Å². The Hall–Kier alpha value is -1.85. The Bertz CT molecular complexity index is 1230. The molecule has 0 saturated carbocycles. The Morgan fingerprint density at radius 1 is 1.08 bits per heavy atom. The zero-order valence-electron chi connectivity index (χ0n) is 21.1. The van der Waals surface area contributed by atoms with E-state index in [2.05, 4.69) is 23.7 Å². The maximum atomic E-state index is 13.3. The van der Waals surface area contributed by atoms with Crippen molar-refractivity contribution in [3.8, 4) is 5.75 Å². The van der Waals surface area contributed by atoms with Crippen molar-refractivity contribution in [2.45, 2.75) is 36.5 Å². The summed E-state index contributed by atoms with van der Waals surface area (Å²) in [6.45, 7) is 7.24. The molecule has 1 heterocycles. The van der Waals surface area contributed by atoms with Gasteiger partial charge in [-0.2, -0.15) is 0 Å². The summed E-state index contributed by atoms with van der Waals surface area (Å²) in [6, 6.07) is 13.0. The summed E-state index contributed by atoms with van der Waals surface area (Å²) >= 11 is 3.07. The first-order valence-electron chi connectivity index (χ1n) is 11.7. The number of benzene rings is 2. The maximum absolute atomic E-state index is 13.3. The number of amides is 1. The highest BCUT2D eigenvalue weighted by Gasteiger charge is 2.22. The Morgan fingerprint density at radius 2 is 1.78 bits per heavy atom. The lowest BCUT2D eigenvalue weighted by molar-refractivity contribution is -0.118. The minimum Gasteiger partial charge on any atom is -0.497 e. The van der Waals surface area contributed by atoms with Gasteiger partial charge in [0.05, 0.1) is 16.7 Å². The number of hydrogen-bond acceptors (Lipinski definition) is 8. The van der Waals surface area contributed by atoms with E-state index in [1.165, 1.54) is 17.6 Å². The fourth-order valence-electron chi connectivity index (χ4n) is 3.65. The maximum Gasteiger partial charge on any atom is 0.228 e. The molecule has 198 valence electrons. The molecule has 3 aromatic rings. The quantitative estimate of drug-likeness (QED) is 0.201. The van der Waals surface area contributed by atoms with E-state index in [4.69, 9.17) is 4.74 Å². The second-order valence-corrected chi connectivity index (χ2v) is 12.2. The van der Waals surface area contributed by atoms with Gasteiger partial charge < -0.3 is 9.64 Å². The zero-order chi connectivity index (χ0) is 25.4. The minimum absolute atomic E-state index is 0. The number of rotatable bonds is 13. The van der Waals surface area contributed by atoms with Crippen molar-refractivity contribution in [1.82, 2.24) is 9.88 Å². The summed E-state index contributed by atoms with van der Waals surface area (Å²) in [6.07, 6.45) is 2.32. The number of ether oxygens (including phenoxy) is 1. The van der Waals surface area contributed by atoms with Crippen molar-refractivity contribution in [2.24, 2.45) is 0 Å². The summed E-state index contributed by atoms with van der Waals surface area (Å²) in [5.41, 5.74) is 0.436. The molecule has 11 heteroatoms. The number of thioether (sulfide) groups is 1. The number of aromatic nitrogens is 1. The van der Waals surface area contributed by atoms with Gasteiger partial charge >= 0.3 is 0 Å². The van der Waals surface area contributed by atoms with Gasteiger partial charge in [-0.05, 0) is 61.7 Å². The first kappa shape index (κ1) is 30.4. The van der Waals surface area contributed by atoms with Gasteiger partial charge in [0.15, 0.2) is 15.0 Å². The van der Waals surface area contributed by atoms with Crippen LogP contribution in [0.1, 0.15) is 26.7 Å². The van der Waals surface area contributed by atoms with E-state index in [0.29, 0.717) is 23.6 Å². The molecule has 0 fully saturated rings. The molecule has 36 heavy (non-hydrogen) atoms. The smallest absolute Gasteiger partial charge is 0.228 e. The van der Waals surface area contributed by atoms with Gasteiger partial charge in [-0.25, -0.2) is 13.4 Å². The van der Waals surface area contributed by atoms with Crippen molar-refractivity contribution in [2.75, 3.05) is 50.2 Å². The molecule has 0 atom stereocenters. The SMILES string of the molecule is CCN(CC)CCN(C(=O)CCCSc1ccc(OC)cc1)c1nc2c(S(C)(=O)=O)cccc2s1.Cl. The molecule has 0 saturated heterocycles. The van der Waals surface area contributed by atoms with Crippen LogP contribution in [0.2, 0.25) is 0 Å². The number of hydrogen-bond donors (Lipinski definition) is 0. The summed E-state index contributed by atoms with van der Waals surface area (Å²) in [7, 11) is -1.78. The van der Waals surface area contributed by atoms with Gasteiger partial charge in [-0.1, -0.05) is 31.3 Å². The summed E-state index contributed by atoms with van der Waals surface area (Å²) in [5.74, 6) is 1.65. The fourth-order valence-corrected chi connectivity index (χ4v) is 6.44. The molecule has 1 aromatic heterocycles. The summed E-state index contributed by atoms with van der Waals surface area (Å²) < 4.78 is 30.5. The normalized spacial score (nSPS) is 11.5. The van der Waals surface area contributed by atoms with Gasteiger partial charge in [0, 0.05) is 30.7 Å². The number of anilines is 1. The molecule has 0 aliphatic heterocycles. The van der Waals surface area contributed by atoms with E-state index in [-0.39, 0.29) is 23.2 Å². The summed E-state index contributed by atoms with van der Waals surface area (Å²) in [5, 5.41) is 0.552. The Labute approximate surface area is 228 Å². The number of likely N-dealkylation sites (N-methyl/N-ethyl adjacent to an activating group) is 1. The van der Waals surface area contributed by atoms with Crippen molar-refractivity contribution < 1.29 is 17.9 Å². The standard InChI is InChI=1S/C25H33N3O4S3.ClH/c1-5-27(6-2)16-17-28(23(29)11-8-18-33-20-14-12-19(32-3)13-15-20)25-26-24-21(34-25)9-7-10-22(24)35(4,30)31;/h7,9-10,12-15H,5-6,8,11,16-18H2,1-4H3;1H. The number of fused-ring (bicyclic) bond motifs is 1. The molecule has 0 aliphatic rings. The van der Waals surface area contributed by atoms with E-state index < -0.39 is 9.84 Å². The van der Waals surface area contributed by atoms with Crippen LogP contribution in [0.4, 0.5) is 5.13 Å². The highest BCUT2D eigenvalue weighted by atomic mass is 35.5. The largest absolute Gasteiger partial charge is 0.497 e. The number of thiazole rings is 1. The topological polar surface area (TPSA) is 79.8 Å². The lowest BCUT2D eigenvalue weighted by atomic mass is 10.3. The van der Waals surface area contributed by atoms with Crippen LogP contribution in [0.15, 0.2) is 52.3 Å². The van der Waals surface area contributed by atoms with Gasteiger partial charge in [0.25, 0.3) is 0 Å². The Kier molecular flexibility index (Phi) is 12.0. The van der Waals surface area contributed by atoms with Crippen LogP contribution in [0, 0.1) is 0 Å². The average Bonchev–Trinajstić information content (AvgIpc) is 3.28. The van der Waals surface area contributed by atoms with Crippen LogP contribution < -0.4 is 9.64 Å². The lowest BCUT2D eigenvalue weighted by Gasteiger charge is -2.24. The second-order valence-electron chi connectivity index (χ2n) is 8.07. The van der Waals surface area contributed by atoms with Crippen LogP contribution in [-0.2, 0) is 14.6 Å². The van der Waals surface area contributed by atoms with E-state index in [1.807, 2.05) is 30.3 Å². The number of nitrogens with zero attached hydrogens (tertiary/aromatic N) is 3.